The molecule has 1 N–H and O–H groups in total. The molecule has 0 amide bonds. The largest absolute Gasteiger partial charge is 0.456 e. The number of rotatable bonds is 7. The minimum atomic E-state index is -0.805. The SMILES string of the molecule is [B]C1CC(OC(=O)c2ccccc2)C(COC2C([B])OC(CCC)C2O)O1. The quantitative estimate of drug-likeness (QED) is 0.569. The summed E-state index contributed by atoms with van der Waals surface area (Å²) in [6.45, 7) is 2.10. The number of ether oxygens (including phenoxy) is 4. The van der Waals surface area contributed by atoms with Crippen molar-refractivity contribution in [3.63, 3.8) is 0 Å². The van der Waals surface area contributed by atoms with Crippen LogP contribution in [0.25, 0.3) is 0 Å². The van der Waals surface area contributed by atoms with Crippen molar-refractivity contribution in [1.82, 2.24) is 0 Å². The molecule has 6 nitrogen and oxygen atoms in total. The highest BCUT2D eigenvalue weighted by molar-refractivity contribution is 6.11. The van der Waals surface area contributed by atoms with Gasteiger partial charge in [-0.15, -0.1) is 0 Å². The molecule has 3 rings (SSSR count). The summed E-state index contributed by atoms with van der Waals surface area (Å²) in [6, 6.07) is 7.47. The predicted molar refractivity (Wildman–Crippen MR) is 99.7 cm³/mol. The summed E-state index contributed by atoms with van der Waals surface area (Å²) in [5.41, 5.74) is 0.460. The number of carbonyl (C=O) groups is 1. The van der Waals surface area contributed by atoms with Crippen molar-refractivity contribution in [2.24, 2.45) is 0 Å². The van der Waals surface area contributed by atoms with Crippen LogP contribution in [0.5, 0.6) is 0 Å². The highest BCUT2D eigenvalue weighted by Crippen LogP contribution is 2.28. The number of aliphatic hydroxyl groups excluding tert-OH is 1. The van der Waals surface area contributed by atoms with Gasteiger partial charge >= 0.3 is 5.97 Å². The Bertz CT molecular complexity index is 615. The molecule has 0 spiro atoms. The number of carbonyl (C=O) groups excluding carboxylic acids is 1. The van der Waals surface area contributed by atoms with Crippen LogP contribution >= 0.6 is 0 Å². The number of aliphatic hydroxyl groups is 1. The van der Waals surface area contributed by atoms with Gasteiger partial charge in [-0.05, 0) is 18.6 Å². The summed E-state index contributed by atoms with van der Waals surface area (Å²) < 4.78 is 22.5. The van der Waals surface area contributed by atoms with E-state index in [0.717, 1.165) is 6.42 Å². The molecule has 7 atom stereocenters. The van der Waals surface area contributed by atoms with Crippen LogP contribution in [0.2, 0.25) is 0 Å². The van der Waals surface area contributed by atoms with Crippen LogP contribution < -0.4 is 0 Å². The second-order valence-electron chi connectivity index (χ2n) is 6.97. The molecule has 2 aliphatic heterocycles. The van der Waals surface area contributed by atoms with Crippen LogP contribution in [0.3, 0.4) is 0 Å². The minimum Gasteiger partial charge on any atom is -0.456 e. The van der Waals surface area contributed by atoms with Gasteiger partial charge in [-0.1, -0.05) is 31.5 Å². The fourth-order valence-corrected chi connectivity index (χ4v) is 3.49. The van der Waals surface area contributed by atoms with Gasteiger partial charge in [-0.2, -0.15) is 0 Å². The number of hydrogen-bond donors (Lipinski definition) is 1. The van der Waals surface area contributed by atoms with Crippen molar-refractivity contribution in [1.29, 1.82) is 0 Å². The Balaban J connectivity index is 1.56. The lowest BCUT2D eigenvalue weighted by atomic mass is 9.92. The van der Waals surface area contributed by atoms with E-state index in [2.05, 4.69) is 0 Å². The van der Waals surface area contributed by atoms with Gasteiger partial charge in [-0.25, -0.2) is 4.79 Å². The zero-order valence-electron chi connectivity index (χ0n) is 15.4. The average molecular weight is 370 g/mol. The summed E-state index contributed by atoms with van der Waals surface area (Å²) >= 11 is 0. The molecule has 8 heteroatoms. The molecule has 0 bridgehead atoms. The fourth-order valence-electron chi connectivity index (χ4n) is 3.49. The van der Waals surface area contributed by atoms with Crippen LogP contribution in [0.15, 0.2) is 30.3 Å². The van der Waals surface area contributed by atoms with Gasteiger partial charge in [0.1, 0.15) is 40.1 Å². The molecule has 2 fully saturated rings. The van der Waals surface area contributed by atoms with E-state index in [9.17, 15) is 9.90 Å². The van der Waals surface area contributed by atoms with E-state index >= 15 is 0 Å². The van der Waals surface area contributed by atoms with Crippen molar-refractivity contribution in [3.05, 3.63) is 35.9 Å². The van der Waals surface area contributed by atoms with Crippen molar-refractivity contribution < 1.29 is 28.8 Å². The molecule has 2 aliphatic rings. The second kappa shape index (κ2) is 9.24. The van der Waals surface area contributed by atoms with E-state index < -0.39 is 42.4 Å². The Morgan fingerprint density at radius 1 is 1.22 bits per heavy atom. The Morgan fingerprint density at radius 3 is 2.67 bits per heavy atom. The molecule has 0 saturated carbocycles. The average Bonchev–Trinajstić information content (AvgIpc) is 3.13. The Labute approximate surface area is 162 Å². The van der Waals surface area contributed by atoms with E-state index in [1.165, 1.54) is 0 Å². The maximum atomic E-state index is 12.3. The molecule has 4 radical (unpaired) electrons. The summed E-state index contributed by atoms with van der Waals surface area (Å²) in [6.07, 6.45) is -0.912. The zero-order chi connectivity index (χ0) is 19.4. The smallest absolute Gasteiger partial charge is 0.338 e. The lowest BCUT2D eigenvalue weighted by Crippen LogP contribution is -2.40. The molecular weight excluding hydrogens is 346 g/mol. The van der Waals surface area contributed by atoms with Gasteiger partial charge in [0.2, 0.25) is 0 Å². The Kier molecular flexibility index (Phi) is 6.98. The highest BCUT2D eigenvalue weighted by atomic mass is 16.6. The van der Waals surface area contributed by atoms with Gasteiger partial charge in [0.05, 0.1) is 18.3 Å². The number of hydrogen-bond acceptors (Lipinski definition) is 6. The van der Waals surface area contributed by atoms with Gasteiger partial charge in [0, 0.05) is 18.4 Å². The van der Waals surface area contributed by atoms with Gasteiger partial charge < -0.3 is 24.1 Å². The first kappa shape index (κ1) is 20.4. The van der Waals surface area contributed by atoms with E-state index in [1.54, 1.807) is 24.3 Å². The fraction of sp³-hybridized carbons (Fsp3) is 0.632. The second-order valence-corrected chi connectivity index (χ2v) is 6.97. The van der Waals surface area contributed by atoms with Gasteiger partial charge in [-0.3, -0.25) is 0 Å². The van der Waals surface area contributed by atoms with E-state index in [-0.39, 0.29) is 12.7 Å². The molecule has 27 heavy (non-hydrogen) atoms. The Hall–Kier alpha value is -1.34. The summed E-state index contributed by atoms with van der Waals surface area (Å²) in [4.78, 5) is 12.3. The molecule has 2 saturated heterocycles. The van der Waals surface area contributed by atoms with Crippen LogP contribution in [0, 0.1) is 0 Å². The topological polar surface area (TPSA) is 74.2 Å². The monoisotopic (exact) mass is 370 g/mol. The molecule has 1 aromatic rings. The first-order valence-electron chi connectivity index (χ1n) is 9.37. The first-order valence-corrected chi connectivity index (χ1v) is 9.37. The van der Waals surface area contributed by atoms with Crippen molar-refractivity contribution >= 4 is 21.7 Å². The minimum absolute atomic E-state index is 0.0953. The predicted octanol–water partition coefficient (Wildman–Crippen LogP) is 0.935. The summed E-state index contributed by atoms with van der Waals surface area (Å²) in [7, 11) is 11.8. The standard InChI is InChI=1S/C19H24B2O6/c1-2-6-12-16(22)17(18(21)26-12)24-10-14-13(9-15(20)25-14)27-19(23)11-7-4-3-5-8-11/h3-5,7-8,12-18,22H,2,6,9-10H2,1H3. The molecule has 142 valence electrons. The number of esters is 1. The van der Waals surface area contributed by atoms with Crippen LogP contribution in [-0.4, -0.2) is 75.9 Å². The number of benzene rings is 1. The molecule has 2 heterocycles. The van der Waals surface area contributed by atoms with Crippen molar-refractivity contribution in [2.45, 2.75) is 68.7 Å². The Morgan fingerprint density at radius 2 is 1.96 bits per heavy atom. The molecule has 1 aromatic carbocycles. The van der Waals surface area contributed by atoms with Gasteiger partial charge in [0.25, 0.3) is 0 Å². The van der Waals surface area contributed by atoms with Crippen molar-refractivity contribution in [2.75, 3.05) is 6.61 Å². The van der Waals surface area contributed by atoms with Crippen LogP contribution in [0.1, 0.15) is 36.5 Å². The van der Waals surface area contributed by atoms with E-state index in [4.69, 9.17) is 34.6 Å². The lowest BCUT2D eigenvalue weighted by molar-refractivity contribution is -0.0846. The first-order chi connectivity index (χ1) is 13.0. The van der Waals surface area contributed by atoms with Crippen LogP contribution in [0.4, 0.5) is 0 Å². The molecule has 0 aliphatic carbocycles. The normalized spacial score (nSPS) is 36.0. The van der Waals surface area contributed by atoms with E-state index in [1.807, 2.05) is 13.0 Å². The third-order valence-electron chi connectivity index (χ3n) is 4.90. The van der Waals surface area contributed by atoms with Crippen molar-refractivity contribution in [3.8, 4) is 0 Å². The van der Waals surface area contributed by atoms with E-state index in [0.29, 0.717) is 18.4 Å². The molecule has 7 unspecified atom stereocenters. The highest BCUT2D eigenvalue weighted by Gasteiger charge is 2.43. The maximum absolute atomic E-state index is 12.3. The zero-order valence-corrected chi connectivity index (χ0v) is 15.4. The summed E-state index contributed by atoms with van der Waals surface area (Å²) in [5, 5.41) is 10.4. The third-order valence-corrected chi connectivity index (χ3v) is 4.90. The lowest BCUT2D eigenvalue weighted by Gasteiger charge is -2.24. The third kappa shape index (κ3) is 4.93. The summed E-state index contributed by atoms with van der Waals surface area (Å²) in [5.74, 6) is -0.438. The molecular formula is C19H24B2O6. The maximum Gasteiger partial charge on any atom is 0.338 e. The van der Waals surface area contributed by atoms with Crippen LogP contribution in [-0.2, 0) is 18.9 Å². The molecule has 0 aromatic heterocycles. The van der Waals surface area contributed by atoms with Gasteiger partial charge in [0.15, 0.2) is 0 Å².